The standard InChI is InChI=1S/C24H14Cl4FNO4/c1-34-23-17(27)6-12(7-18(23)28)21(31)19-20(11-2-4-15(29)5-3-11)30(24(33)22(19)32)16-9-13(25)8-14(26)10-16/h2-10,20,31H,1H3/b21-19+. The van der Waals surface area contributed by atoms with Crippen LogP contribution in [0.3, 0.4) is 0 Å². The third-order valence-electron chi connectivity index (χ3n) is 5.23. The number of benzene rings is 3. The highest BCUT2D eigenvalue weighted by atomic mass is 35.5. The van der Waals surface area contributed by atoms with Crippen LogP contribution in [0.1, 0.15) is 17.2 Å². The first-order chi connectivity index (χ1) is 16.1. The predicted octanol–water partition coefficient (Wildman–Crippen LogP) is 7.07. The minimum absolute atomic E-state index is 0.0880. The Labute approximate surface area is 213 Å². The van der Waals surface area contributed by atoms with E-state index in [4.69, 9.17) is 51.1 Å². The lowest BCUT2D eigenvalue weighted by molar-refractivity contribution is -0.132. The number of hydrogen-bond donors (Lipinski definition) is 1. The number of ether oxygens (including phenoxy) is 1. The Balaban J connectivity index is 1.98. The normalized spacial score (nSPS) is 17.4. The van der Waals surface area contributed by atoms with Crippen molar-refractivity contribution in [2.75, 3.05) is 12.0 Å². The summed E-state index contributed by atoms with van der Waals surface area (Å²) in [5.74, 6) is -2.75. The van der Waals surface area contributed by atoms with Crippen LogP contribution in [0.5, 0.6) is 5.75 Å². The summed E-state index contributed by atoms with van der Waals surface area (Å²) in [6.07, 6.45) is 0. The van der Waals surface area contributed by atoms with Gasteiger partial charge in [-0.1, -0.05) is 58.5 Å². The smallest absolute Gasteiger partial charge is 0.300 e. The maximum atomic E-state index is 13.6. The van der Waals surface area contributed by atoms with Crippen LogP contribution in [-0.2, 0) is 9.59 Å². The zero-order valence-electron chi connectivity index (χ0n) is 17.3. The molecule has 1 aliphatic heterocycles. The molecule has 5 nitrogen and oxygen atoms in total. The van der Waals surface area contributed by atoms with Crippen molar-refractivity contribution < 1.29 is 23.8 Å². The van der Waals surface area contributed by atoms with Gasteiger partial charge in [0, 0.05) is 21.3 Å². The summed E-state index contributed by atoms with van der Waals surface area (Å²) in [5, 5.41) is 11.8. The number of halogens is 5. The summed E-state index contributed by atoms with van der Waals surface area (Å²) >= 11 is 24.7. The van der Waals surface area contributed by atoms with Gasteiger partial charge in [-0.2, -0.15) is 0 Å². The molecule has 0 saturated carbocycles. The molecular weight excluding hydrogens is 527 g/mol. The lowest BCUT2D eigenvalue weighted by atomic mass is 9.95. The molecule has 0 aromatic heterocycles. The lowest BCUT2D eigenvalue weighted by Crippen LogP contribution is -2.29. The molecule has 1 amide bonds. The fourth-order valence-corrected chi connectivity index (χ4v) is 4.94. The van der Waals surface area contributed by atoms with Crippen LogP contribution >= 0.6 is 46.4 Å². The van der Waals surface area contributed by atoms with Gasteiger partial charge >= 0.3 is 0 Å². The van der Waals surface area contributed by atoms with Gasteiger partial charge in [-0.05, 0) is 48.0 Å². The largest absolute Gasteiger partial charge is 0.507 e. The van der Waals surface area contributed by atoms with E-state index in [1.165, 1.54) is 61.7 Å². The third kappa shape index (κ3) is 4.34. The van der Waals surface area contributed by atoms with Gasteiger partial charge in [-0.3, -0.25) is 14.5 Å². The quantitative estimate of drug-likeness (QED) is 0.218. The Morgan fingerprint density at radius 2 is 1.50 bits per heavy atom. The van der Waals surface area contributed by atoms with E-state index < -0.39 is 29.3 Å². The van der Waals surface area contributed by atoms with Gasteiger partial charge in [0.2, 0.25) is 0 Å². The Morgan fingerprint density at radius 3 is 2.03 bits per heavy atom. The number of Topliss-reactive ketones (excluding diaryl/α,β-unsaturated/α-hetero) is 1. The molecule has 0 spiro atoms. The van der Waals surface area contributed by atoms with E-state index in [1.54, 1.807) is 0 Å². The van der Waals surface area contributed by atoms with Gasteiger partial charge in [0.25, 0.3) is 11.7 Å². The van der Waals surface area contributed by atoms with Gasteiger partial charge in [0.05, 0.1) is 28.8 Å². The SMILES string of the molecule is COc1c(Cl)cc(/C(O)=C2\C(=O)C(=O)N(c3cc(Cl)cc(Cl)c3)C2c2ccc(F)cc2)cc1Cl. The first-order valence-corrected chi connectivity index (χ1v) is 11.2. The fourth-order valence-electron chi connectivity index (χ4n) is 3.78. The van der Waals surface area contributed by atoms with Crippen molar-refractivity contribution >= 4 is 69.5 Å². The topological polar surface area (TPSA) is 66.8 Å². The van der Waals surface area contributed by atoms with Crippen molar-refractivity contribution in [3.8, 4) is 5.75 Å². The number of nitrogens with zero attached hydrogens (tertiary/aromatic N) is 1. The molecule has 34 heavy (non-hydrogen) atoms. The predicted molar refractivity (Wildman–Crippen MR) is 131 cm³/mol. The van der Waals surface area contributed by atoms with Crippen molar-refractivity contribution in [2.24, 2.45) is 0 Å². The molecule has 1 fully saturated rings. The van der Waals surface area contributed by atoms with Crippen molar-refractivity contribution in [2.45, 2.75) is 6.04 Å². The number of carbonyl (C=O) groups is 2. The van der Waals surface area contributed by atoms with Gasteiger partial charge in [-0.15, -0.1) is 0 Å². The van der Waals surface area contributed by atoms with Crippen LogP contribution in [0, 0.1) is 5.82 Å². The number of carbonyl (C=O) groups excluding carboxylic acids is 2. The Kier molecular flexibility index (Phi) is 6.78. The van der Waals surface area contributed by atoms with Crippen LogP contribution in [0.15, 0.2) is 60.2 Å². The second-order valence-electron chi connectivity index (χ2n) is 7.32. The van der Waals surface area contributed by atoms with E-state index in [0.717, 1.165) is 4.90 Å². The molecule has 3 aromatic carbocycles. The Morgan fingerprint density at radius 1 is 0.941 bits per heavy atom. The highest BCUT2D eigenvalue weighted by molar-refractivity contribution is 6.52. The third-order valence-corrected chi connectivity index (χ3v) is 6.23. The zero-order chi connectivity index (χ0) is 24.7. The van der Waals surface area contributed by atoms with Crippen molar-refractivity contribution in [1.82, 2.24) is 0 Å². The van der Waals surface area contributed by atoms with Crippen molar-refractivity contribution in [3.63, 3.8) is 0 Å². The number of methoxy groups -OCH3 is 1. The fraction of sp³-hybridized carbons (Fsp3) is 0.0833. The molecule has 1 aliphatic rings. The van der Waals surface area contributed by atoms with E-state index in [9.17, 15) is 19.1 Å². The molecule has 174 valence electrons. The number of ketones is 1. The minimum atomic E-state index is -1.12. The Bertz CT molecular complexity index is 1310. The van der Waals surface area contributed by atoms with Crippen molar-refractivity contribution in [1.29, 1.82) is 0 Å². The van der Waals surface area contributed by atoms with E-state index in [2.05, 4.69) is 0 Å². The summed E-state index contributed by atoms with van der Waals surface area (Å²) in [6, 6.07) is 11.2. The molecule has 0 bridgehead atoms. The maximum Gasteiger partial charge on any atom is 0.300 e. The van der Waals surface area contributed by atoms with Gasteiger partial charge in [0.1, 0.15) is 11.6 Å². The number of rotatable bonds is 4. The van der Waals surface area contributed by atoms with Gasteiger partial charge < -0.3 is 9.84 Å². The molecular formula is C24H14Cl4FNO4. The van der Waals surface area contributed by atoms with Gasteiger partial charge in [-0.25, -0.2) is 4.39 Å². The molecule has 1 atom stereocenters. The highest BCUT2D eigenvalue weighted by Crippen LogP contribution is 2.44. The molecule has 10 heteroatoms. The number of anilines is 1. The first kappa shape index (κ1) is 24.4. The molecule has 1 unspecified atom stereocenters. The van der Waals surface area contributed by atoms with E-state index in [0.29, 0.717) is 5.56 Å². The van der Waals surface area contributed by atoms with Crippen LogP contribution in [0.4, 0.5) is 10.1 Å². The number of aliphatic hydroxyl groups excluding tert-OH is 1. The minimum Gasteiger partial charge on any atom is -0.507 e. The average Bonchev–Trinajstić information content (AvgIpc) is 3.03. The monoisotopic (exact) mass is 539 g/mol. The summed E-state index contributed by atoms with van der Waals surface area (Å²) < 4.78 is 18.8. The molecule has 0 radical (unpaired) electrons. The summed E-state index contributed by atoms with van der Waals surface area (Å²) in [7, 11) is 1.38. The van der Waals surface area contributed by atoms with Crippen LogP contribution in [0.25, 0.3) is 5.76 Å². The van der Waals surface area contributed by atoms with E-state index in [-0.39, 0.29) is 42.7 Å². The lowest BCUT2D eigenvalue weighted by Gasteiger charge is -2.26. The summed E-state index contributed by atoms with van der Waals surface area (Å²) in [6.45, 7) is 0. The second kappa shape index (κ2) is 9.47. The van der Waals surface area contributed by atoms with Crippen LogP contribution < -0.4 is 9.64 Å². The van der Waals surface area contributed by atoms with E-state index in [1.807, 2.05) is 0 Å². The average molecular weight is 541 g/mol. The van der Waals surface area contributed by atoms with Gasteiger partial charge in [0.15, 0.2) is 5.75 Å². The second-order valence-corrected chi connectivity index (χ2v) is 9.01. The summed E-state index contributed by atoms with van der Waals surface area (Å²) in [4.78, 5) is 27.5. The highest BCUT2D eigenvalue weighted by Gasteiger charge is 2.47. The Hall–Kier alpha value is -2.77. The molecule has 0 aliphatic carbocycles. The number of amides is 1. The molecule has 1 heterocycles. The van der Waals surface area contributed by atoms with Crippen molar-refractivity contribution in [3.05, 3.63) is 97.2 Å². The van der Waals surface area contributed by atoms with Crippen LogP contribution in [0.2, 0.25) is 20.1 Å². The first-order valence-electron chi connectivity index (χ1n) is 9.68. The number of aliphatic hydroxyl groups is 1. The molecule has 3 aromatic rings. The molecule has 4 rings (SSSR count). The van der Waals surface area contributed by atoms with E-state index >= 15 is 0 Å². The molecule has 1 saturated heterocycles. The maximum absolute atomic E-state index is 13.6. The molecule has 1 N–H and O–H groups in total. The number of hydrogen-bond acceptors (Lipinski definition) is 4. The summed E-state index contributed by atoms with van der Waals surface area (Å²) in [5.41, 5.74) is 0.428. The zero-order valence-corrected chi connectivity index (χ0v) is 20.3. The van der Waals surface area contributed by atoms with Crippen LogP contribution in [-0.4, -0.2) is 23.9 Å².